The first kappa shape index (κ1) is 24.6. The quantitative estimate of drug-likeness (QED) is 0.178. The molecule has 0 radical (unpaired) electrons. The number of carbonyl (C=O) groups excluding carboxylic acids is 2. The molecule has 0 saturated carbocycles. The van der Waals surface area contributed by atoms with Gasteiger partial charge in [-0.1, -0.05) is 6.07 Å². The Bertz CT molecular complexity index is 1420. The average molecular weight is 506 g/mol. The minimum atomic E-state index is -0.906. The van der Waals surface area contributed by atoms with Gasteiger partial charge in [-0.15, -0.1) is 0 Å². The van der Waals surface area contributed by atoms with Crippen molar-refractivity contribution < 1.29 is 24.4 Å². The number of Topliss-reactive ketones (excluding diaryl/α,β-unsaturated/α-hetero) is 1. The third-order valence-electron chi connectivity index (χ3n) is 6.96. The van der Waals surface area contributed by atoms with Gasteiger partial charge in [-0.2, -0.15) is 0 Å². The SMILES string of the molecule is Cc1nc2c(C)cccn2c1/C(O)=C1\C(=O)C(=O)N(CCN2CCOCC2)[C@@H]1c1ccc([N+](=O)[O-])cc1. The summed E-state index contributed by atoms with van der Waals surface area (Å²) in [6.07, 6.45) is 1.74. The lowest BCUT2D eigenvalue weighted by Gasteiger charge is -2.31. The van der Waals surface area contributed by atoms with Gasteiger partial charge in [0.1, 0.15) is 11.3 Å². The van der Waals surface area contributed by atoms with Crippen LogP contribution < -0.4 is 0 Å². The van der Waals surface area contributed by atoms with Gasteiger partial charge in [0.25, 0.3) is 17.4 Å². The molecule has 2 fully saturated rings. The third kappa shape index (κ3) is 4.36. The molecule has 0 spiro atoms. The second kappa shape index (κ2) is 9.75. The summed E-state index contributed by atoms with van der Waals surface area (Å²) >= 11 is 0. The van der Waals surface area contributed by atoms with Gasteiger partial charge >= 0.3 is 0 Å². The zero-order valence-electron chi connectivity index (χ0n) is 20.6. The molecule has 4 heterocycles. The fourth-order valence-corrected chi connectivity index (χ4v) is 5.04. The average Bonchev–Trinajstić information content (AvgIpc) is 3.37. The lowest BCUT2D eigenvalue weighted by molar-refractivity contribution is -0.384. The van der Waals surface area contributed by atoms with Crippen LogP contribution in [0.15, 0.2) is 48.2 Å². The minimum absolute atomic E-state index is 0.0627. The van der Waals surface area contributed by atoms with Crippen LogP contribution in [0.25, 0.3) is 11.4 Å². The lowest BCUT2D eigenvalue weighted by Crippen LogP contribution is -2.42. The molecule has 2 saturated heterocycles. The number of hydrogen-bond donors (Lipinski definition) is 1. The van der Waals surface area contributed by atoms with Crippen LogP contribution in [0, 0.1) is 24.0 Å². The molecular weight excluding hydrogens is 478 g/mol. The van der Waals surface area contributed by atoms with E-state index in [-0.39, 0.29) is 23.6 Å². The molecule has 11 nitrogen and oxygen atoms in total. The first-order chi connectivity index (χ1) is 17.8. The van der Waals surface area contributed by atoms with E-state index in [0.717, 1.165) is 5.56 Å². The van der Waals surface area contributed by atoms with Gasteiger partial charge in [0.15, 0.2) is 5.76 Å². The van der Waals surface area contributed by atoms with E-state index in [1.54, 1.807) is 17.5 Å². The van der Waals surface area contributed by atoms with E-state index in [1.807, 2.05) is 19.1 Å². The Morgan fingerprint density at radius 3 is 2.51 bits per heavy atom. The van der Waals surface area contributed by atoms with Crippen molar-refractivity contribution in [2.75, 3.05) is 39.4 Å². The molecule has 0 unspecified atom stereocenters. The molecule has 3 aromatic rings. The van der Waals surface area contributed by atoms with Gasteiger partial charge < -0.3 is 14.7 Å². The van der Waals surface area contributed by atoms with Crippen molar-refractivity contribution in [3.05, 3.63) is 80.8 Å². The summed E-state index contributed by atoms with van der Waals surface area (Å²) in [6, 6.07) is 8.52. The Hall–Kier alpha value is -4.09. The Balaban J connectivity index is 1.62. The fraction of sp³-hybridized carbons (Fsp3) is 0.346. The van der Waals surface area contributed by atoms with Crippen molar-refractivity contribution in [1.82, 2.24) is 19.2 Å². The number of nitrogens with zero attached hydrogens (tertiary/aromatic N) is 5. The van der Waals surface area contributed by atoms with Crippen LogP contribution in [0.1, 0.15) is 28.6 Å². The first-order valence-corrected chi connectivity index (χ1v) is 12.1. The number of nitro benzene ring substituents is 1. The number of morpholine rings is 1. The van der Waals surface area contributed by atoms with Gasteiger partial charge in [-0.25, -0.2) is 4.98 Å². The van der Waals surface area contributed by atoms with E-state index in [2.05, 4.69) is 9.88 Å². The number of aromatic nitrogens is 2. The largest absolute Gasteiger partial charge is 0.505 e. The topological polar surface area (TPSA) is 131 Å². The number of carbonyl (C=O) groups is 2. The number of aliphatic hydroxyl groups excluding tert-OH is 1. The number of aryl methyl sites for hydroxylation is 2. The highest BCUT2D eigenvalue weighted by molar-refractivity contribution is 6.46. The molecule has 37 heavy (non-hydrogen) atoms. The number of pyridine rings is 1. The van der Waals surface area contributed by atoms with Crippen LogP contribution in [0.2, 0.25) is 0 Å². The van der Waals surface area contributed by atoms with Crippen LogP contribution in [0.3, 0.4) is 0 Å². The zero-order valence-corrected chi connectivity index (χ0v) is 20.6. The van der Waals surface area contributed by atoms with Crippen molar-refractivity contribution in [1.29, 1.82) is 0 Å². The predicted octanol–water partition coefficient (Wildman–Crippen LogP) is 2.61. The van der Waals surface area contributed by atoms with E-state index in [0.29, 0.717) is 55.4 Å². The normalized spacial score (nSPS) is 20.2. The number of benzene rings is 1. The molecule has 5 rings (SSSR count). The summed E-state index contributed by atoms with van der Waals surface area (Å²) in [5.74, 6) is -1.85. The van der Waals surface area contributed by atoms with Gasteiger partial charge in [-0.05, 0) is 43.2 Å². The maximum atomic E-state index is 13.4. The van der Waals surface area contributed by atoms with Crippen molar-refractivity contribution in [3.8, 4) is 0 Å². The van der Waals surface area contributed by atoms with Crippen LogP contribution in [-0.2, 0) is 14.3 Å². The molecule has 0 aliphatic carbocycles. The van der Waals surface area contributed by atoms with E-state index in [4.69, 9.17) is 4.74 Å². The summed E-state index contributed by atoms with van der Waals surface area (Å²) in [5, 5.41) is 22.8. The monoisotopic (exact) mass is 505 g/mol. The Labute approximate surface area is 212 Å². The second-order valence-corrected chi connectivity index (χ2v) is 9.23. The Morgan fingerprint density at radius 1 is 1.14 bits per heavy atom. The number of hydrogen-bond acceptors (Lipinski definition) is 8. The van der Waals surface area contributed by atoms with Crippen LogP contribution >= 0.6 is 0 Å². The third-order valence-corrected chi connectivity index (χ3v) is 6.96. The van der Waals surface area contributed by atoms with Gasteiger partial charge in [-0.3, -0.25) is 29.0 Å². The maximum Gasteiger partial charge on any atom is 0.295 e. The van der Waals surface area contributed by atoms with Crippen LogP contribution in [0.5, 0.6) is 0 Å². The highest BCUT2D eigenvalue weighted by Gasteiger charge is 2.46. The smallest absolute Gasteiger partial charge is 0.295 e. The molecule has 0 bridgehead atoms. The number of fused-ring (bicyclic) bond motifs is 1. The molecule has 192 valence electrons. The predicted molar refractivity (Wildman–Crippen MR) is 134 cm³/mol. The second-order valence-electron chi connectivity index (χ2n) is 9.23. The number of amides is 1. The van der Waals surface area contributed by atoms with Crippen molar-refractivity contribution in [2.24, 2.45) is 0 Å². The summed E-state index contributed by atoms with van der Waals surface area (Å²) < 4.78 is 7.10. The van der Waals surface area contributed by atoms with Gasteiger partial charge in [0.05, 0.1) is 35.4 Å². The molecule has 1 amide bonds. The van der Waals surface area contributed by atoms with Crippen molar-refractivity contribution in [2.45, 2.75) is 19.9 Å². The molecule has 11 heteroatoms. The number of non-ortho nitro benzene ring substituents is 1. The Kier molecular flexibility index (Phi) is 6.48. The maximum absolute atomic E-state index is 13.4. The Morgan fingerprint density at radius 2 is 1.84 bits per heavy atom. The number of imidazole rings is 1. The summed E-state index contributed by atoms with van der Waals surface area (Å²) in [4.78, 5) is 45.5. The summed E-state index contributed by atoms with van der Waals surface area (Å²) in [6.45, 7) is 7.01. The molecule has 1 aromatic carbocycles. The number of nitro groups is 1. The molecule has 1 N–H and O–H groups in total. The van der Waals surface area contributed by atoms with Gasteiger partial charge in [0, 0.05) is 44.5 Å². The van der Waals surface area contributed by atoms with Crippen LogP contribution in [0.4, 0.5) is 5.69 Å². The number of likely N-dealkylation sites (tertiary alicyclic amines) is 1. The molecule has 2 aromatic heterocycles. The van der Waals surface area contributed by atoms with E-state index in [1.165, 1.54) is 29.2 Å². The zero-order chi connectivity index (χ0) is 26.3. The molecule has 2 aliphatic heterocycles. The highest BCUT2D eigenvalue weighted by atomic mass is 16.6. The first-order valence-electron chi connectivity index (χ1n) is 12.1. The number of aliphatic hydroxyl groups is 1. The molecule has 2 aliphatic rings. The van der Waals surface area contributed by atoms with E-state index < -0.39 is 22.7 Å². The standard InChI is InChI=1S/C26H27N5O6/c1-16-4-3-9-29-21(17(2)27-25(16)29)23(32)20-22(18-5-7-19(8-6-18)31(35)36)30(26(34)24(20)33)11-10-28-12-14-37-15-13-28/h3-9,22,32H,10-15H2,1-2H3/b23-20+/t22-/m1/s1. The van der Waals surface area contributed by atoms with E-state index >= 15 is 0 Å². The minimum Gasteiger partial charge on any atom is -0.505 e. The number of ketones is 1. The number of rotatable bonds is 6. The van der Waals surface area contributed by atoms with E-state index in [9.17, 15) is 24.8 Å². The molecular formula is C26H27N5O6. The fourth-order valence-electron chi connectivity index (χ4n) is 5.04. The van der Waals surface area contributed by atoms with Gasteiger partial charge in [0.2, 0.25) is 0 Å². The molecule has 1 atom stereocenters. The lowest BCUT2D eigenvalue weighted by atomic mass is 9.96. The summed E-state index contributed by atoms with van der Waals surface area (Å²) in [7, 11) is 0. The number of ether oxygens (including phenoxy) is 1. The summed E-state index contributed by atoms with van der Waals surface area (Å²) in [5.41, 5.74) is 2.69. The van der Waals surface area contributed by atoms with Crippen LogP contribution in [-0.4, -0.2) is 80.3 Å². The highest BCUT2D eigenvalue weighted by Crippen LogP contribution is 2.40. The van der Waals surface area contributed by atoms with Crippen molar-refractivity contribution in [3.63, 3.8) is 0 Å². The van der Waals surface area contributed by atoms with Crippen molar-refractivity contribution >= 4 is 28.8 Å².